The minimum Gasteiger partial charge on any atom is -0.357 e. The highest BCUT2D eigenvalue weighted by Gasteiger charge is 2.38. The summed E-state index contributed by atoms with van der Waals surface area (Å²) in [6.07, 6.45) is -1.47. The van der Waals surface area contributed by atoms with Gasteiger partial charge < -0.3 is 10.3 Å². The van der Waals surface area contributed by atoms with Crippen LogP contribution >= 0.6 is 0 Å². The standard InChI is InChI=1S/C7H9F3N2/c1-12-3-2-5(4-12)6(11)7(8,9)10/h2-4,6H,11H2,1H3/t6-/m0/s1. The summed E-state index contributed by atoms with van der Waals surface area (Å²) in [5.41, 5.74) is 5.04. The average Bonchev–Trinajstić information content (AvgIpc) is 2.32. The summed E-state index contributed by atoms with van der Waals surface area (Å²) in [5.74, 6) is 0. The highest BCUT2D eigenvalue weighted by Crippen LogP contribution is 2.30. The van der Waals surface area contributed by atoms with Crippen molar-refractivity contribution in [2.75, 3.05) is 0 Å². The first-order chi connectivity index (χ1) is 5.41. The predicted molar refractivity (Wildman–Crippen MR) is 38.4 cm³/mol. The van der Waals surface area contributed by atoms with E-state index in [2.05, 4.69) is 0 Å². The van der Waals surface area contributed by atoms with Crippen LogP contribution in [-0.2, 0) is 7.05 Å². The van der Waals surface area contributed by atoms with Gasteiger partial charge in [0.15, 0.2) is 0 Å². The van der Waals surface area contributed by atoms with Crippen LogP contribution in [0, 0.1) is 0 Å². The maximum absolute atomic E-state index is 12.0. The zero-order chi connectivity index (χ0) is 9.35. The van der Waals surface area contributed by atoms with Gasteiger partial charge in [0, 0.05) is 19.4 Å². The Bertz CT molecular complexity index is 264. The van der Waals surface area contributed by atoms with Crippen LogP contribution in [0.5, 0.6) is 0 Å². The molecule has 12 heavy (non-hydrogen) atoms. The van der Waals surface area contributed by atoms with E-state index in [0.717, 1.165) is 0 Å². The highest BCUT2D eigenvalue weighted by atomic mass is 19.4. The third-order valence-corrected chi connectivity index (χ3v) is 1.57. The SMILES string of the molecule is Cn1ccc([C@H](N)C(F)(F)F)c1. The van der Waals surface area contributed by atoms with Crippen LogP contribution in [-0.4, -0.2) is 10.7 Å². The van der Waals surface area contributed by atoms with Crippen molar-refractivity contribution in [2.45, 2.75) is 12.2 Å². The van der Waals surface area contributed by atoms with Gasteiger partial charge in [-0.3, -0.25) is 0 Å². The van der Waals surface area contributed by atoms with E-state index < -0.39 is 12.2 Å². The van der Waals surface area contributed by atoms with E-state index in [4.69, 9.17) is 5.73 Å². The van der Waals surface area contributed by atoms with Gasteiger partial charge in [-0.05, 0) is 11.6 Å². The molecule has 0 fully saturated rings. The van der Waals surface area contributed by atoms with Gasteiger partial charge in [0.05, 0.1) is 0 Å². The van der Waals surface area contributed by atoms with E-state index >= 15 is 0 Å². The lowest BCUT2D eigenvalue weighted by Gasteiger charge is -2.13. The topological polar surface area (TPSA) is 30.9 Å². The molecule has 0 unspecified atom stereocenters. The molecule has 2 N–H and O–H groups in total. The smallest absolute Gasteiger partial charge is 0.357 e. The number of rotatable bonds is 1. The number of aryl methyl sites for hydroxylation is 1. The highest BCUT2D eigenvalue weighted by molar-refractivity contribution is 5.16. The maximum Gasteiger partial charge on any atom is 0.407 e. The summed E-state index contributed by atoms with van der Waals surface area (Å²) in [7, 11) is 1.65. The van der Waals surface area contributed by atoms with Crippen LogP contribution in [0.1, 0.15) is 11.6 Å². The van der Waals surface area contributed by atoms with E-state index in [0.29, 0.717) is 0 Å². The van der Waals surface area contributed by atoms with E-state index in [-0.39, 0.29) is 5.56 Å². The Morgan fingerprint density at radius 1 is 1.50 bits per heavy atom. The Morgan fingerprint density at radius 3 is 2.42 bits per heavy atom. The van der Waals surface area contributed by atoms with E-state index in [1.807, 2.05) is 0 Å². The Kier molecular flexibility index (Phi) is 2.14. The van der Waals surface area contributed by atoms with Gasteiger partial charge in [-0.15, -0.1) is 0 Å². The Balaban J connectivity index is 2.85. The second-order valence-corrected chi connectivity index (χ2v) is 2.63. The molecule has 0 radical (unpaired) electrons. The molecule has 1 aromatic heterocycles. The number of hydrogen-bond donors (Lipinski definition) is 1. The molecule has 0 saturated heterocycles. The Labute approximate surface area is 67.8 Å². The lowest BCUT2D eigenvalue weighted by atomic mass is 10.1. The molecule has 0 aliphatic heterocycles. The van der Waals surface area contributed by atoms with Gasteiger partial charge in [0.1, 0.15) is 6.04 Å². The van der Waals surface area contributed by atoms with Crippen molar-refractivity contribution in [2.24, 2.45) is 12.8 Å². The van der Waals surface area contributed by atoms with Gasteiger partial charge >= 0.3 is 6.18 Å². The summed E-state index contributed by atoms with van der Waals surface area (Å²) >= 11 is 0. The molecule has 0 spiro atoms. The molecule has 0 aliphatic carbocycles. The van der Waals surface area contributed by atoms with E-state index in [9.17, 15) is 13.2 Å². The van der Waals surface area contributed by atoms with Gasteiger partial charge in [0.2, 0.25) is 0 Å². The molecule has 1 rings (SSSR count). The molecule has 0 amide bonds. The molecule has 0 aromatic carbocycles. The monoisotopic (exact) mass is 178 g/mol. The fourth-order valence-electron chi connectivity index (χ4n) is 0.898. The number of nitrogens with zero attached hydrogens (tertiary/aromatic N) is 1. The number of aromatic nitrogens is 1. The first kappa shape index (κ1) is 9.12. The van der Waals surface area contributed by atoms with Crippen LogP contribution in [0.3, 0.4) is 0 Å². The van der Waals surface area contributed by atoms with Crippen molar-refractivity contribution in [1.82, 2.24) is 4.57 Å². The Morgan fingerprint density at radius 2 is 2.08 bits per heavy atom. The van der Waals surface area contributed by atoms with Crippen LogP contribution in [0.25, 0.3) is 0 Å². The average molecular weight is 178 g/mol. The van der Waals surface area contributed by atoms with Crippen molar-refractivity contribution in [3.8, 4) is 0 Å². The van der Waals surface area contributed by atoms with Crippen molar-refractivity contribution < 1.29 is 13.2 Å². The summed E-state index contributed by atoms with van der Waals surface area (Å²) in [6.45, 7) is 0. The molecule has 1 aromatic rings. The minimum atomic E-state index is -4.36. The maximum atomic E-state index is 12.0. The lowest BCUT2D eigenvalue weighted by molar-refractivity contribution is -0.149. The van der Waals surface area contributed by atoms with Gasteiger partial charge in [-0.25, -0.2) is 0 Å². The van der Waals surface area contributed by atoms with Crippen molar-refractivity contribution in [1.29, 1.82) is 0 Å². The third-order valence-electron chi connectivity index (χ3n) is 1.57. The van der Waals surface area contributed by atoms with Crippen LogP contribution < -0.4 is 5.73 Å². The van der Waals surface area contributed by atoms with E-state index in [1.165, 1.54) is 23.0 Å². The van der Waals surface area contributed by atoms with Crippen molar-refractivity contribution >= 4 is 0 Å². The molecule has 0 bridgehead atoms. The molecule has 1 heterocycles. The van der Waals surface area contributed by atoms with Crippen molar-refractivity contribution in [3.63, 3.8) is 0 Å². The minimum absolute atomic E-state index is 0.0880. The molecule has 1 atom stereocenters. The number of hydrogen-bond acceptors (Lipinski definition) is 1. The van der Waals surface area contributed by atoms with Crippen molar-refractivity contribution in [3.05, 3.63) is 24.0 Å². The van der Waals surface area contributed by atoms with Crippen LogP contribution in [0.15, 0.2) is 18.5 Å². The van der Waals surface area contributed by atoms with Gasteiger partial charge in [0.25, 0.3) is 0 Å². The summed E-state index contributed by atoms with van der Waals surface area (Å²) < 4.78 is 37.6. The molecule has 2 nitrogen and oxygen atoms in total. The quantitative estimate of drug-likeness (QED) is 0.695. The van der Waals surface area contributed by atoms with Gasteiger partial charge in [-0.1, -0.05) is 0 Å². The summed E-state index contributed by atoms with van der Waals surface area (Å²) in [4.78, 5) is 0. The largest absolute Gasteiger partial charge is 0.407 e. The fourth-order valence-corrected chi connectivity index (χ4v) is 0.898. The summed E-state index contributed by atoms with van der Waals surface area (Å²) in [6, 6.07) is -0.517. The molecule has 0 saturated carbocycles. The normalized spacial score (nSPS) is 14.8. The lowest BCUT2D eigenvalue weighted by Crippen LogP contribution is -2.27. The van der Waals surface area contributed by atoms with Crippen LogP contribution in [0.4, 0.5) is 13.2 Å². The number of halogens is 3. The Hall–Kier alpha value is -0.970. The van der Waals surface area contributed by atoms with E-state index in [1.54, 1.807) is 7.05 Å². The molecular weight excluding hydrogens is 169 g/mol. The molecular formula is C7H9F3N2. The zero-order valence-corrected chi connectivity index (χ0v) is 6.47. The fraction of sp³-hybridized carbons (Fsp3) is 0.429. The van der Waals surface area contributed by atoms with Crippen LogP contribution in [0.2, 0.25) is 0 Å². The second kappa shape index (κ2) is 2.82. The summed E-state index contributed by atoms with van der Waals surface area (Å²) in [5, 5.41) is 0. The molecule has 0 aliphatic rings. The van der Waals surface area contributed by atoms with Gasteiger partial charge in [-0.2, -0.15) is 13.2 Å². The third kappa shape index (κ3) is 1.79. The zero-order valence-electron chi connectivity index (χ0n) is 6.47. The first-order valence-corrected chi connectivity index (χ1v) is 3.35. The predicted octanol–water partition coefficient (Wildman–Crippen LogP) is 1.59. The second-order valence-electron chi connectivity index (χ2n) is 2.63. The number of alkyl halides is 3. The first-order valence-electron chi connectivity index (χ1n) is 3.35. The molecule has 5 heteroatoms. The number of nitrogens with two attached hydrogens (primary N) is 1. The molecule has 68 valence electrons.